The molecule has 1 amide bonds. The summed E-state index contributed by atoms with van der Waals surface area (Å²) < 4.78 is 13.5. The summed E-state index contributed by atoms with van der Waals surface area (Å²) in [6, 6.07) is 9.47. The normalized spacial score (nSPS) is 17.6. The Kier molecular flexibility index (Phi) is 5.77. The number of fused-ring (bicyclic) bond motifs is 1. The fourth-order valence-electron chi connectivity index (χ4n) is 4.49. The van der Waals surface area contributed by atoms with Crippen LogP contribution in [-0.2, 0) is 4.79 Å². The summed E-state index contributed by atoms with van der Waals surface area (Å²) in [5.41, 5.74) is 5.68. The van der Waals surface area contributed by atoms with E-state index in [1.165, 1.54) is 31.5 Å². The van der Waals surface area contributed by atoms with Crippen LogP contribution in [0.1, 0.15) is 31.7 Å². The number of aromatic nitrogens is 2. The van der Waals surface area contributed by atoms with Gasteiger partial charge in [0.15, 0.2) is 0 Å². The van der Waals surface area contributed by atoms with E-state index in [1.807, 2.05) is 43.6 Å². The Morgan fingerprint density at radius 3 is 2.67 bits per heavy atom. The predicted molar refractivity (Wildman–Crippen MR) is 130 cm³/mol. The predicted octanol–water partition coefficient (Wildman–Crippen LogP) is 5.11. The third kappa shape index (κ3) is 4.58. The van der Waals surface area contributed by atoms with Crippen molar-refractivity contribution in [2.24, 2.45) is 0 Å². The van der Waals surface area contributed by atoms with Crippen molar-refractivity contribution in [2.75, 3.05) is 28.6 Å². The highest BCUT2D eigenvalue weighted by Gasteiger charge is 2.23. The maximum atomic E-state index is 13.5. The SMILES string of the molecule is CC1C=C(C(=O)Nc2cncc(F)c2)c2cc(-c3cncc(N4CCCCC4)c3)ccc2N1. The molecule has 1 unspecified atom stereocenters. The van der Waals surface area contributed by atoms with E-state index in [0.29, 0.717) is 11.3 Å². The number of rotatable bonds is 4. The molecule has 33 heavy (non-hydrogen) atoms. The number of carbonyl (C=O) groups is 1. The Balaban J connectivity index is 1.46. The largest absolute Gasteiger partial charge is 0.379 e. The average molecular weight is 444 g/mol. The van der Waals surface area contributed by atoms with Crippen molar-refractivity contribution in [1.82, 2.24) is 9.97 Å². The van der Waals surface area contributed by atoms with E-state index >= 15 is 0 Å². The second kappa shape index (κ2) is 9.02. The summed E-state index contributed by atoms with van der Waals surface area (Å²) >= 11 is 0. The van der Waals surface area contributed by atoms with Gasteiger partial charge in [-0.25, -0.2) is 4.39 Å². The number of hydrogen-bond donors (Lipinski definition) is 2. The van der Waals surface area contributed by atoms with Crippen LogP contribution in [0.4, 0.5) is 21.5 Å². The molecule has 2 N–H and O–H groups in total. The molecule has 168 valence electrons. The summed E-state index contributed by atoms with van der Waals surface area (Å²) in [7, 11) is 0. The Hall–Kier alpha value is -3.74. The fraction of sp³-hybridized carbons (Fsp3) is 0.269. The fourth-order valence-corrected chi connectivity index (χ4v) is 4.49. The van der Waals surface area contributed by atoms with E-state index in [9.17, 15) is 9.18 Å². The lowest BCUT2D eigenvalue weighted by Crippen LogP contribution is -2.29. The standard InChI is InChI=1S/C26H26FN5O/c1-17-9-24(26(33)31-21-12-20(27)14-29-15-21)23-11-18(5-6-25(23)30-17)19-10-22(16-28-13-19)32-7-3-2-4-8-32/h5-6,9-17,30H,2-4,7-8H2,1H3,(H,31,33). The van der Waals surface area contributed by atoms with E-state index < -0.39 is 5.82 Å². The molecule has 1 aromatic carbocycles. The summed E-state index contributed by atoms with van der Waals surface area (Å²) in [6.45, 7) is 4.10. The Morgan fingerprint density at radius 2 is 1.85 bits per heavy atom. The van der Waals surface area contributed by atoms with Crippen molar-refractivity contribution >= 4 is 28.5 Å². The van der Waals surface area contributed by atoms with Crippen molar-refractivity contribution in [3.63, 3.8) is 0 Å². The highest BCUT2D eigenvalue weighted by atomic mass is 19.1. The first-order chi connectivity index (χ1) is 16.1. The van der Waals surface area contributed by atoms with Crippen molar-refractivity contribution < 1.29 is 9.18 Å². The third-order valence-corrected chi connectivity index (χ3v) is 6.10. The van der Waals surface area contributed by atoms with Crippen LogP contribution >= 0.6 is 0 Å². The number of halogens is 1. The summed E-state index contributed by atoms with van der Waals surface area (Å²) in [6.07, 6.45) is 11.9. The second-order valence-electron chi connectivity index (χ2n) is 8.60. The van der Waals surface area contributed by atoms with Gasteiger partial charge in [0.25, 0.3) is 5.91 Å². The van der Waals surface area contributed by atoms with Gasteiger partial charge in [0.05, 0.1) is 30.0 Å². The lowest BCUT2D eigenvalue weighted by atomic mass is 9.93. The van der Waals surface area contributed by atoms with Crippen molar-refractivity contribution in [3.05, 3.63) is 72.6 Å². The summed E-state index contributed by atoms with van der Waals surface area (Å²) in [4.78, 5) is 23.8. The number of anilines is 3. The molecule has 0 aliphatic carbocycles. The maximum absolute atomic E-state index is 13.5. The molecule has 0 radical (unpaired) electrons. The zero-order valence-corrected chi connectivity index (χ0v) is 18.5. The van der Waals surface area contributed by atoms with Gasteiger partial charge in [0, 0.05) is 53.8 Å². The second-order valence-corrected chi connectivity index (χ2v) is 8.60. The minimum atomic E-state index is -0.496. The van der Waals surface area contributed by atoms with E-state index in [-0.39, 0.29) is 11.9 Å². The van der Waals surface area contributed by atoms with Crippen LogP contribution in [0.2, 0.25) is 0 Å². The number of nitrogens with one attached hydrogen (secondary N) is 2. The molecule has 5 rings (SSSR count). The number of nitrogens with zero attached hydrogens (tertiary/aromatic N) is 3. The van der Waals surface area contributed by atoms with E-state index in [0.717, 1.165) is 47.4 Å². The van der Waals surface area contributed by atoms with Gasteiger partial charge in [0.2, 0.25) is 0 Å². The van der Waals surface area contributed by atoms with Crippen LogP contribution in [0.5, 0.6) is 0 Å². The Bertz CT molecular complexity index is 1220. The van der Waals surface area contributed by atoms with E-state index in [4.69, 9.17) is 0 Å². The van der Waals surface area contributed by atoms with E-state index in [1.54, 1.807) is 0 Å². The van der Waals surface area contributed by atoms with Crippen LogP contribution in [0.15, 0.2) is 61.2 Å². The number of pyridine rings is 2. The van der Waals surface area contributed by atoms with Gasteiger partial charge < -0.3 is 15.5 Å². The molecule has 4 heterocycles. The molecular weight excluding hydrogens is 417 g/mol. The maximum Gasteiger partial charge on any atom is 0.256 e. The number of amides is 1. The molecule has 0 saturated carbocycles. The molecule has 3 aromatic rings. The molecule has 1 fully saturated rings. The van der Waals surface area contributed by atoms with Crippen LogP contribution in [-0.4, -0.2) is 35.0 Å². The minimum absolute atomic E-state index is 0.0150. The van der Waals surface area contributed by atoms with Gasteiger partial charge in [-0.15, -0.1) is 0 Å². The highest BCUT2D eigenvalue weighted by molar-refractivity contribution is 6.27. The number of hydrogen-bond acceptors (Lipinski definition) is 5. The monoisotopic (exact) mass is 443 g/mol. The topological polar surface area (TPSA) is 70.2 Å². The van der Waals surface area contributed by atoms with Gasteiger partial charge in [-0.2, -0.15) is 0 Å². The minimum Gasteiger partial charge on any atom is -0.379 e. The Labute approximate surface area is 192 Å². The molecule has 0 spiro atoms. The zero-order chi connectivity index (χ0) is 22.8. The van der Waals surface area contributed by atoms with Gasteiger partial charge in [0.1, 0.15) is 5.82 Å². The van der Waals surface area contributed by atoms with Crippen molar-refractivity contribution in [1.29, 1.82) is 0 Å². The highest BCUT2D eigenvalue weighted by Crippen LogP contribution is 2.35. The first kappa shape index (κ1) is 21.1. The van der Waals surface area contributed by atoms with Gasteiger partial charge in [-0.05, 0) is 56.0 Å². The summed E-state index contributed by atoms with van der Waals surface area (Å²) in [5, 5.41) is 6.18. The van der Waals surface area contributed by atoms with Crippen LogP contribution in [0.3, 0.4) is 0 Å². The number of benzene rings is 1. The van der Waals surface area contributed by atoms with Crippen molar-refractivity contribution in [3.8, 4) is 11.1 Å². The van der Waals surface area contributed by atoms with Crippen molar-refractivity contribution in [2.45, 2.75) is 32.2 Å². The molecule has 2 aliphatic rings. The number of piperidine rings is 1. The first-order valence-corrected chi connectivity index (χ1v) is 11.3. The summed E-state index contributed by atoms with van der Waals surface area (Å²) in [5.74, 6) is -0.793. The lowest BCUT2D eigenvalue weighted by Gasteiger charge is -2.29. The average Bonchev–Trinajstić information content (AvgIpc) is 2.84. The number of carbonyl (C=O) groups excluding carboxylic acids is 1. The first-order valence-electron chi connectivity index (χ1n) is 11.3. The van der Waals surface area contributed by atoms with Crippen LogP contribution in [0.25, 0.3) is 16.7 Å². The van der Waals surface area contributed by atoms with Crippen LogP contribution < -0.4 is 15.5 Å². The van der Waals surface area contributed by atoms with Crippen LogP contribution in [0, 0.1) is 5.82 Å². The zero-order valence-electron chi connectivity index (χ0n) is 18.5. The molecule has 6 nitrogen and oxygen atoms in total. The Morgan fingerprint density at radius 1 is 1.03 bits per heavy atom. The van der Waals surface area contributed by atoms with Gasteiger partial charge in [-0.1, -0.05) is 6.07 Å². The third-order valence-electron chi connectivity index (χ3n) is 6.10. The quantitative estimate of drug-likeness (QED) is 0.587. The smallest absolute Gasteiger partial charge is 0.256 e. The van der Waals surface area contributed by atoms with E-state index in [2.05, 4.69) is 31.6 Å². The molecule has 7 heteroatoms. The van der Waals surface area contributed by atoms with Gasteiger partial charge in [-0.3, -0.25) is 14.8 Å². The molecule has 2 aromatic heterocycles. The molecular formula is C26H26FN5O. The van der Waals surface area contributed by atoms with Gasteiger partial charge >= 0.3 is 0 Å². The molecule has 2 aliphatic heterocycles. The molecule has 1 saturated heterocycles. The molecule has 0 bridgehead atoms. The lowest BCUT2D eigenvalue weighted by molar-refractivity contribution is -0.111. The molecule has 1 atom stereocenters.